The Morgan fingerprint density at radius 1 is 1.21 bits per heavy atom. The van der Waals surface area contributed by atoms with Crippen LogP contribution in [0.2, 0.25) is 0 Å². The minimum absolute atomic E-state index is 0.0521. The molecule has 144 valence electrons. The Balaban J connectivity index is 1.28. The Morgan fingerprint density at radius 3 is 3.00 bits per heavy atom. The van der Waals surface area contributed by atoms with Crippen LogP contribution in [0.15, 0.2) is 48.9 Å². The molecular weight excluding hydrogens is 354 g/mol. The van der Waals surface area contributed by atoms with Crippen LogP contribution in [0.3, 0.4) is 0 Å². The third kappa shape index (κ3) is 3.18. The predicted octanol–water partition coefficient (Wildman–Crippen LogP) is 1.48. The second-order valence-electron chi connectivity index (χ2n) is 7.29. The van der Waals surface area contributed by atoms with E-state index in [1.165, 1.54) is 5.69 Å². The number of carbonyl (C=O) groups is 1. The molecule has 4 heterocycles. The Labute approximate surface area is 163 Å². The zero-order valence-electron chi connectivity index (χ0n) is 15.6. The number of carbonyl (C=O) groups excluding carboxylic acids is 1. The van der Waals surface area contributed by atoms with E-state index in [0.717, 1.165) is 43.9 Å². The number of hydrogen-bond acceptors (Lipinski definition) is 5. The number of aromatic nitrogens is 2. The Hall–Kier alpha value is -3.06. The van der Waals surface area contributed by atoms with E-state index in [1.807, 2.05) is 22.9 Å². The fourth-order valence-electron chi connectivity index (χ4n) is 3.95. The van der Waals surface area contributed by atoms with Gasteiger partial charge in [-0.1, -0.05) is 6.07 Å². The molecule has 0 bridgehead atoms. The predicted molar refractivity (Wildman–Crippen MR) is 107 cm³/mol. The number of nitrogens with zero attached hydrogens (tertiary/aromatic N) is 3. The van der Waals surface area contributed by atoms with E-state index in [0.29, 0.717) is 17.8 Å². The van der Waals surface area contributed by atoms with Gasteiger partial charge in [0.1, 0.15) is 18.0 Å². The summed E-state index contributed by atoms with van der Waals surface area (Å²) in [6.45, 7) is 4.52. The normalized spacial score (nSPS) is 19.1. The first-order chi connectivity index (χ1) is 13.8. The van der Waals surface area contributed by atoms with E-state index in [4.69, 9.17) is 4.74 Å². The molecule has 1 fully saturated rings. The first-order valence-corrected chi connectivity index (χ1v) is 9.72. The lowest BCUT2D eigenvalue weighted by atomic mass is 10.0. The van der Waals surface area contributed by atoms with Crippen LogP contribution in [0.5, 0.6) is 5.75 Å². The minimum atomic E-state index is -0.115. The molecule has 5 rings (SSSR count). The maximum Gasteiger partial charge on any atom is 0.255 e. The number of nitrogens with one attached hydrogen (secondary N) is 2. The highest BCUT2D eigenvalue weighted by atomic mass is 16.5. The van der Waals surface area contributed by atoms with Crippen molar-refractivity contribution in [2.75, 3.05) is 37.7 Å². The highest BCUT2D eigenvalue weighted by molar-refractivity contribution is 6.00. The summed E-state index contributed by atoms with van der Waals surface area (Å²) in [5.41, 5.74) is 3.59. The zero-order chi connectivity index (χ0) is 18.9. The second kappa shape index (κ2) is 7.16. The zero-order valence-corrected chi connectivity index (χ0v) is 15.6. The Morgan fingerprint density at radius 2 is 2.11 bits per heavy atom. The summed E-state index contributed by atoms with van der Waals surface area (Å²) < 4.78 is 7.84. The van der Waals surface area contributed by atoms with Crippen molar-refractivity contribution >= 4 is 17.2 Å². The maximum absolute atomic E-state index is 12.7. The smallest absolute Gasteiger partial charge is 0.255 e. The molecule has 0 spiro atoms. The average Bonchev–Trinajstić information content (AvgIpc) is 3.18. The lowest BCUT2D eigenvalue weighted by molar-refractivity contribution is 0.0917. The van der Waals surface area contributed by atoms with Crippen molar-refractivity contribution in [2.45, 2.75) is 12.5 Å². The van der Waals surface area contributed by atoms with Crippen LogP contribution in [-0.4, -0.2) is 54.1 Å². The average molecular weight is 377 g/mol. The third-order valence-electron chi connectivity index (χ3n) is 5.44. The SMILES string of the molecule is O=C(N[C@H]1COc2cc(N3CCNCC3)ccc2C1)c1ccn2cccnc12. The molecule has 1 saturated heterocycles. The van der Waals surface area contributed by atoms with Crippen molar-refractivity contribution in [2.24, 2.45) is 0 Å². The van der Waals surface area contributed by atoms with E-state index >= 15 is 0 Å². The molecule has 2 N–H and O–H groups in total. The van der Waals surface area contributed by atoms with E-state index in [9.17, 15) is 4.79 Å². The summed E-state index contributed by atoms with van der Waals surface area (Å²) in [5, 5.41) is 6.47. The van der Waals surface area contributed by atoms with Crippen molar-refractivity contribution in [1.82, 2.24) is 20.0 Å². The Bertz CT molecular complexity index is 1010. The van der Waals surface area contributed by atoms with Gasteiger partial charge >= 0.3 is 0 Å². The summed E-state index contributed by atoms with van der Waals surface area (Å²) in [7, 11) is 0. The van der Waals surface area contributed by atoms with Crippen molar-refractivity contribution in [3.63, 3.8) is 0 Å². The first kappa shape index (κ1) is 17.1. The summed E-state index contributed by atoms with van der Waals surface area (Å²) in [6.07, 6.45) is 6.20. The largest absolute Gasteiger partial charge is 0.491 e. The summed E-state index contributed by atoms with van der Waals surface area (Å²) in [4.78, 5) is 19.4. The quantitative estimate of drug-likeness (QED) is 0.724. The molecule has 7 heteroatoms. The highest BCUT2D eigenvalue weighted by Crippen LogP contribution is 2.30. The number of piperazine rings is 1. The molecule has 0 saturated carbocycles. The van der Waals surface area contributed by atoms with Crippen LogP contribution in [-0.2, 0) is 6.42 Å². The van der Waals surface area contributed by atoms with Gasteiger partial charge in [-0.2, -0.15) is 0 Å². The van der Waals surface area contributed by atoms with E-state index in [-0.39, 0.29) is 11.9 Å². The monoisotopic (exact) mass is 377 g/mol. The van der Waals surface area contributed by atoms with Crippen LogP contribution in [0.1, 0.15) is 15.9 Å². The van der Waals surface area contributed by atoms with Crippen LogP contribution in [0.4, 0.5) is 5.69 Å². The molecule has 1 aromatic carbocycles. The van der Waals surface area contributed by atoms with Gasteiger partial charge in [0, 0.05) is 56.5 Å². The highest BCUT2D eigenvalue weighted by Gasteiger charge is 2.24. The maximum atomic E-state index is 12.7. The number of ether oxygens (including phenoxy) is 1. The fraction of sp³-hybridized carbons (Fsp3) is 0.333. The number of anilines is 1. The van der Waals surface area contributed by atoms with Gasteiger partial charge in [-0.25, -0.2) is 4.98 Å². The van der Waals surface area contributed by atoms with E-state index in [2.05, 4.69) is 38.7 Å². The molecule has 3 aromatic rings. The molecule has 1 atom stereocenters. The standard InChI is InChI=1S/C21H23N5O2/c27-21(18-4-9-26-8-1-5-23-20(18)26)24-16-12-15-2-3-17(13-19(15)28-14-16)25-10-6-22-7-11-25/h1-5,8-9,13,16,22H,6-7,10-12,14H2,(H,24,27)/t16-/m1/s1. The molecule has 2 aliphatic heterocycles. The van der Waals surface area contributed by atoms with Gasteiger partial charge in [-0.05, 0) is 30.2 Å². The molecule has 28 heavy (non-hydrogen) atoms. The van der Waals surface area contributed by atoms with Crippen molar-refractivity contribution in [3.8, 4) is 5.75 Å². The minimum Gasteiger partial charge on any atom is -0.491 e. The Kier molecular flexibility index (Phi) is 4.37. The summed E-state index contributed by atoms with van der Waals surface area (Å²) >= 11 is 0. The fourth-order valence-corrected chi connectivity index (χ4v) is 3.95. The van der Waals surface area contributed by atoms with Crippen molar-refractivity contribution in [1.29, 1.82) is 0 Å². The molecule has 0 unspecified atom stereocenters. The number of rotatable bonds is 3. The number of benzene rings is 1. The summed E-state index contributed by atoms with van der Waals surface area (Å²) in [5.74, 6) is 0.813. The van der Waals surface area contributed by atoms with Crippen LogP contribution in [0.25, 0.3) is 5.65 Å². The van der Waals surface area contributed by atoms with Gasteiger partial charge in [0.05, 0.1) is 11.6 Å². The molecule has 0 aliphatic carbocycles. The van der Waals surface area contributed by atoms with Gasteiger partial charge < -0.3 is 24.7 Å². The molecular formula is C21H23N5O2. The molecule has 0 radical (unpaired) electrons. The van der Waals surface area contributed by atoms with Gasteiger partial charge in [0.25, 0.3) is 5.91 Å². The first-order valence-electron chi connectivity index (χ1n) is 9.72. The molecule has 2 aliphatic rings. The van der Waals surface area contributed by atoms with Gasteiger partial charge in [-0.3, -0.25) is 4.79 Å². The van der Waals surface area contributed by atoms with Crippen LogP contribution >= 0.6 is 0 Å². The van der Waals surface area contributed by atoms with Crippen LogP contribution in [0, 0.1) is 0 Å². The second-order valence-corrected chi connectivity index (χ2v) is 7.29. The number of fused-ring (bicyclic) bond motifs is 2. The molecule has 1 amide bonds. The lowest BCUT2D eigenvalue weighted by Gasteiger charge is -2.31. The summed E-state index contributed by atoms with van der Waals surface area (Å²) in [6, 6.07) is 10.0. The van der Waals surface area contributed by atoms with Crippen molar-refractivity contribution in [3.05, 3.63) is 60.0 Å². The third-order valence-corrected chi connectivity index (χ3v) is 5.44. The van der Waals surface area contributed by atoms with Crippen molar-refractivity contribution < 1.29 is 9.53 Å². The van der Waals surface area contributed by atoms with Gasteiger partial charge in [0.15, 0.2) is 0 Å². The molecule has 2 aromatic heterocycles. The van der Waals surface area contributed by atoms with Gasteiger partial charge in [-0.15, -0.1) is 0 Å². The topological polar surface area (TPSA) is 70.9 Å². The van der Waals surface area contributed by atoms with E-state index in [1.54, 1.807) is 12.3 Å². The number of hydrogen-bond donors (Lipinski definition) is 2. The van der Waals surface area contributed by atoms with Gasteiger partial charge in [0.2, 0.25) is 0 Å². The molecule has 7 nitrogen and oxygen atoms in total. The number of amides is 1. The van der Waals surface area contributed by atoms with Crippen LogP contribution < -0.4 is 20.3 Å². The van der Waals surface area contributed by atoms with E-state index < -0.39 is 0 Å². The lowest BCUT2D eigenvalue weighted by Crippen LogP contribution is -2.44.